The monoisotopic (exact) mass is 616 g/mol. The Bertz CT molecular complexity index is 1840. The fourth-order valence-electron chi connectivity index (χ4n) is 4.56. The minimum atomic E-state index is -0.791. The Morgan fingerprint density at radius 2 is 0.978 bits per heavy atom. The van der Waals surface area contributed by atoms with E-state index >= 15 is 0 Å². The number of hydrogen-bond donors (Lipinski definition) is 2. The number of esters is 1. The first kappa shape index (κ1) is 36.9. The van der Waals surface area contributed by atoms with E-state index in [9.17, 15) is 9.59 Å². The molecule has 0 saturated heterocycles. The zero-order chi connectivity index (χ0) is 33.7. The van der Waals surface area contributed by atoms with Crippen LogP contribution in [0.25, 0.3) is 32.3 Å². The molecule has 0 atom stereocenters. The van der Waals surface area contributed by atoms with Crippen LogP contribution in [0.15, 0.2) is 127 Å². The average Bonchev–Trinajstić information content (AvgIpc) is 3.06. The number of carboxylic acids is 1. The second kappa shape index (κ2) is 20.7. The van der Waals surface area contributed by atoms with Crippen LogP contribution in [0.4, 0.5) is 0 Å². The molecule has 0 aliphatic rings. The zero-order valence-corrected chi connectivity index (χ0v) is 26.5. The quantitative estimate of drug-likeness (QED) is 0.115. The van der Waals surface area contributed by atoms with Crippen LogP contribution >= 0.6 is 0 Å². The first-order chi connectivity index (χ1) is 22.3. The van der Waals surface area contributed by atoms with Crippen molar-refractivity contribution in [3.63, 3.8) is 0 Å². The maximum atomic E-state index is 11.3. The number of ether oxygens (including phenoxy) is 1. The molecule has 0 aromatic heterocycles. The van der Waals surface area contributed by atoms with Gasteiger partial charge >= 0.3 is 23.2 Å². The van der Waals surface area contributed by atoms with E-state index in [1.54, 1.807) is 6.92 Å². The van der Waals surface area contributed by atoms with Gasteiger partial charge in [-0.15, -0.1) is 0 Å². The fourth-order valence-corrected chi connectivity index (χ4v) is 4.56. The molecule has 0 radical (unpaired) electrons. The summed E-state index contributed by atoms with van der Waals surface area (Å²) >= 11 is 0. The van der Waals surface area contributed by atoms with Crippen LogP contribution in [-0.4, -0.2) is 35.4 Å². The molecule has 0 amide bonds. The number of aliphatic hydroxyl groups is 1. The van der Waals surface area contributed by atoms with Crippen molar-refractivity contribution in [2.75, 3.05) is 13.2 Å². The fraction of sp³-hybridized carbons (Fsp3) is 0.175. The summed E-state index contributed by atoms with van der Waals surface area (Å²) in [7, 11) is 0. The molecule has 236 valence electrons. The molecule has 0 heterocycles. The standard InChI is InChI=1S/C14H14O2.C12H10O2.C11H10.C2H6O.CO/c1-2-16-14(15)10-11-7-8-12-5-3-4-6-13(12)9-11;13-12(14)8-9-5-6-10-3-1-2-4-11(10)7-9;1-9-6-7-10-4-2-3-5-11(10)8-9;1-2-3;1-2/h3-9H,2,10H2,1H3;1-7H,8H2,(H,13,14);2-8H,1H3;3H,2H2,1H3;. The van der Waals surface area contributed by atoms with Gasteiger partial charge in [0.1, 0.15) is 0 Å². The predicted molar refractivity (Wildman–Crippen MR) is 185 cm³/mol. The van der Waals surface area contributed by atoms with Crippen LogP contribution < -0.4 is 0 Å². The van der Waals surface area contributed by atoms with Crippen molar-refractivity contribution >= 4 is 44.3 Å². The normalized spacial score (nSPS) is 9.61. The summed E-state index contributed by atoms with van der Waals surface area (Å²) in [6.45, 7) is 10.8. The number of rotatable bonds is 5. The minimum absolute atomic E-state index is 0.0881. The Morgan fingerprint density at radius 3 is 1.39 bits per heavy atom. The molecule has 6 aromatic rings. The number of aryl methyl sites for hydroxylation is 1. The molecule has 0 spiro atoms. The maximum absolute atomic E-state index is 11.3. The third-order valence-corrected chi connectivity index (χ3v) is 6.54. The van der Waals surface area contributed by atoms with Gasteiger partial charge in [-0.3, -0.25) is 9.59 Å². The zero-order valence-electron chi connectivity index (χ0n) is 26.5. The number of fused-ring (bicyclic) bond motifs is 3. The first-order valence-corrected chi connectivity index (χ1v) is 14.9. The molecule has 0 aliphatic carbocycles. The Morgan fingerprint density at radius 1 is 0.609 bits per heavy atom. The van der Waals surface area contributed by atoms with E-state index in [2.05, 4.69) is 62.1 Å². The third-order valence-electron chi connectivity index (χ3n) is 6.54. The van der Waals surface area contributed by atoms with Gasteiger partial charge in [-0.1, -0.05) is 133 Å². The third kappa shape index (κ3) is 12.8. The van der Waals surface area contributed by atoms with Gasteiger partial charge in [0, 0.05) is 6.61 Å². The summed E-state index contributed by atoms with van der Waals surface area (Å²) in [5.41, 5.74) is 3.16. The molecule has 0 aliphatic heterocycles. The van der Waals surface area contributed by atoms with Gasteiger partial charge in [-0.2, -0.15) is 0 Å². The van der Waals surface area contributed by atoms with E-state index in [0.717, 1.165) is 27.3 Å². The van der Waals surface area contributed by atoms with Gasteiger partial charge in [-0.25, -0.2) is 0 Å². The second-order valence-electron chi connectivity index (χ2n) is 10.1. The topological polar surface area (TPSA) is 104 Å². The first-order valence-electron chi connectivity index (χ1n) is 14.9. The number of carbonyl (C=O) groups is 2. The summed E-state index contributed by atoms with van der Waals surface area (Å²) in [5, 5.41) is 23.4. The van der Waals surface area contributed by atoms with E-state index < -0.39 is 5.97 Å². The van der Waals surface area contributed by atoms with Crippen molar-refractivity contribution in [1.29, 1.82) is 0 Å². The van der Waals surface area contributed by atoms with Crippen LogP contribution in [0.2, 0.25) is 0 Å². The molecule has 0 fully saturated rings. The molecule has 2 N–H and O–H groups in total. The molecule has 0 bridgehead atoms. The van der Waals surface area contributed by atoms with Crippen molar-refractivity contribution in [1.82, 2.24) is 0 Å². The summed E-state index contributed by atoms with van der Waals surface area (Å²) in [6.07, 6.45) is 0.434. The Hall–Kier alpha value is -5.26. The van der Waals surface area contributed by atoms with Gasteiger partial charge in [0.2, 0.25) is 0 Å². The van der Waals surface area contributed by atoms with Gasteiger partial charge in [0.25, 0.3) is 0 Å². The van der Waals surface area contributed by atoms with Crippen molar-refractivity contribution in [2.45, 2.75) is 33.6 Å². The van der Waals surface area contributed by atoms with Gasteiger partial charge in [0.05, 0.1) is 19.4 Å². The van der Waals surface area contributed by atoms with Gasteiger partial charge < -0.3 is 14.9 Å². The Balaban J connectivity index is 0.000000227. The number of benzene rings is 6. The summed E-state index contributed by atoms with van der Waals surface area (Å²) in [4.78, 5) is 21.8. The summed E-state index contributed by atoms with van der Waals surface area (Å²) in [5.74, 6) is -0.960. The molecule has 6 rings (SSSR count). The van der Waals surface area contributed by atoms with E-state index in [-0.39, 0.29) is 19.0 Å². The van der Waals surface area contributed by atoms with Crippen molar-refractivity contribution in [3.8, 4) is 0 Å². The van der Waals surface area contributed by atoms with Crippen molar-refractivity contribution in [2.24, 2.45) is 0 Å². The van der Waals surface area contributed by atoms with Crippen LogP contribution in [0.1, 0.15) is 30.5 Å². The van der Waals surface area contributed by atoms with E-state index in [4.69, 9.17) is 19.6 Å². The number of carboxylic acid groups (broad SMARTS) is 1. The molecule has 6 aromatic carbocycles. The number of aliphatic carboxylic acids is 1. The van der Waals surface area contributed by atoms with Crippen molar-refractivity contribution in [3.05, 3.63) is 151 Å². The van der Waals surface area contributed by atoms with E-state index in [0.29, 0.717) is 13.0 Å². The van der Waals surface area contributed by atoms with Crippen LogP contribution in [0, 0.1) is 13.6 Å². The predicted octanol–water partition coefficient (Wildman–Crippen LogP) is 8.52. The summed E-state index contributed by atoms with van der Waals surface area (Å²) in [6, 6.07) is 42.7. The van der Waals surface area contributed by atoms with Gasteiger partial charge in [-0.05, 0) is 64.2 Å². The number of hydrogen-bond acceptors (Lipinski definition) is 4. The summed E-state index contributed by atoms with van der Waals surface area (Å²) < 4.78 is 12.4. The van der Waals surface area contributed by atoms with Gasteiger partial charge in [0.15, 0.2) is 0 Å². The van der Waals surface area contributed by atoms with Crippen LogP contribution in [0.5, 0.6) is 0 Å². The number of aliphatic hydroxyl groups excluding tert-OH is 1. The molecular weight excluding hydrogens is 576 g/mol. The van der Waals surface area contributed by atoms with Crippen molar-refractivity contribution < 1.29 is 29.2 Å². The average molecular weight is 617 g/mol. The molecule has 0 saturated carbocycles. The van der Waals surface area contributed by atoms with Crippen LogP contribution in [-0.2, 0) is 31.8 Å². The molecule has 46 heavy (non-hydrogen) atoms. The Labute approximate surface area is 270 Å². The molecule has 0 unspecified atom stereocenters. The SMILES string of the molecule is CCO.CCOC(=O)Cc1ccc2ccccc2c1.Cc1ccc2ccccc2c1.O=C(O)Cc1ccc2ccccc2c1.[C-]#[O+]. The van der Waals surface area contributed by atoms with E-state index in [1.165, 1.54) is 21.7 Å². The molecule has 6 heteroatoms. The van der Waals surface area contributed by atoms with Crippen LogP contribution in [0.3, 0.4) is 0 Å². The number of carbonyl (C=O) groups excluding carboxylic acids is 1. The van der Waals surface area contributed by atoms with E-state index in [1.807, 2.05) is 85.8 Å². The second-order valence-corrected chi connectivity index (χ2v) is 10.1. The molecule has 6 nitrogen and oxygen atoms in total. The Kier molecular flexibility index (Phi) is 16.6. The molecular formula is C40H40O6.